The van der Waals surface area contributed by atoms with Gasteiger partial charge in [-0.1, -0.05) is 12.1 Å². The lowest BCUT2D eigenvalue weighted by Gasteiger charge is -2.37. The summed E-state index contributed by atoms with van der Waals surface area (Å²) in [5.41, 5.74) is 1.56. The lowest BCUT2D eigenvalue weighted by atomic mass is 10.1. The van der Waals surface area contributed by atoms with Crippen LogP contribution in [0.15, 0.2) is 30.6 Å². The maximum Gasteiger partial charge on any atom is 0.261 e. The van der Waals surface area contributed by atoms with E-state index in [4.69, 9.17) is 0 Å². The number of halogens is 1. The topological polar surface area (TPSA) is 65.8 Å². The Hall–Kier alpha value is -2.78. The van der Waals surface area contributed by atoms with Crippen LogP contribution in [0.1, 0.15) is 15.2 Å². The molecule has 2 aromatic heterocycles. The van der Waals surface area contributed by atoms with Crippen LogP contribution < -0.4 is 20.0 Å². The molecule has 9 heteroatoms. The first-order chi connectivity index (χ1) is 15.0. The molecule has 1 fully saturated rings. The molecule has 0 saturated carbocycles. The zero-order valence-corrected chi connectivity index (χ0v) is 18.9. The maximum atomic E-state index is 14.2. The van der Waals surface area contributed by atoms with Crippen LogP contribution in [0.2, 0.25) is 0 Å². The highest BCUT2D eigenvalue weighted by atomic mass is 32.1. The Morgan fingerprint density at radius 3 is 2.58 bits per heavy atom. The van der Waals surface area contributed by atoms with Crippen molar-refractivity contribution in [2.24, 2.45) is 0 Å². The molecule has 1 amide bonds. The van der Waals surface area contributed by atoms with Crippen molar-refractivity contribution in [2.45, 2.75) is 6.92 Å². The Bertz CT molecular complexity index is 1080. The average molecular weight is 444 g/mol. The Kier molecular flexibility index (Phi) is 6.33. The van der Waals surface area contributed by atoms with Gasteiger partial charge in [-0.25, -0.2) is 14.4 Å². The molecule has 0 spiro atoms. The van der Waals surface area contributed by atoms with Gasteiger partial charge in [0.05, 0.1) is 43.1 Å². The van der Waals surface area contributed by atoms with Gasteiger partial charge in [0.25, 0.3) is 5.91 Å². The van der Waals surface area contributed by atoms with Crippen LogP contribution >= 0.6 is 11.3 Å². The van der Waals surface area contributed by atoms with Crippen molar-refractivity contribution >= 4 is 39.0 Å². The van der Waals surface area contributed by atoms with Gasteiger partial charge in [-0.3, -0.25) is 4.79 Å². The highest BCUT2D eigenvalue weighted by Crippen LogP contribution is 2.35. The molecule has 0 radical (unpaired) electrons. The van der Waals surface area contributed by atoms with Crippen molar-refractivity contribution in [2.75, 3.05) is 63.2 Å². The third-order valence-corrected chi connectivity index (χ3v) is 6.79. The fraction of sp³-hybridized carbons (Fsp3) is 0.409. The number of piperazine rings is 1. The second-order valence-electron chi connectivity index (χ2n) is 8.07. The number of carbonyl (C=O) groups is 1. The minimum absolute atomic E-state index is 0.0583. The Morgan fingerprint density at radius 1 is 1.16 bits per heavy atom. The van der Waals surface area contributed by atoms with E-state index in [2.05, 4.69) is 39.2 Å². The number of nitrogens with one attached hydrogen (secondary N) is 2. The van der Waals surface area contributed by atoms with Crippen molar-refractivity contribution in [3.63, 3.8) is 0 Å². The standard InChI is InChI=1S/C22H27FN6OS/c1-15-18-20(29-12-10-28(11-13-29)17-7-5-4-6-16(17)23)25-14-26-22(18)31-19(15)21(30)24-8-9-27(2)3/h4-7,14H,8-13H2,1-3H3,(H,24,30)/p+1. The highest BCUT2D eigenvalue weighted by molar-refractivity contribution is 7.20. The van der Waals surface area contributed by atoms with Gasteiger partial charge in [-0.15, -0.1) is 11.3 Å². The van der Waals surface area contributed by atoms with E-state index < -0.39 is 0 Å². The zero-order chi connectivity index (χ0) is 22.0. The van der Waals surface area contributed by atoms with Gasteiger partial charge in [-0.2, -0.15) is 0 Å². The van der Waals surface area contributed by atoms with Crippen LogP contribution in [0.4, 0.5) is 15.9 Å². The molecule has 0 unspecified atom stereocenters. The van der Waals surface area contributed by atoms with Crippen LogP contribution in [-0.2, 0) is 0 Å². The molecule has 1 saturated heterocycles. The van der Waals surface area contributed by atoms with Crippen molar-refractivity contribution in [3.05, 3.63) is 46.9 Å². The van der Waals surface area contributed by atoms with Gasteiger partial charge in [0.2, 0.25) is 0 Å². The summed E-state index contributed by atoms with van der Waals surface area (Å²) < 4.78 is 14.2. The van der Waals surface area contributed by atoms with Crippen molar-refractivity contribution < 1.29 is 14.1 Å². The zero-order valence-electron chi connectivity index (χ0n) is 18.1. The second kappa shape index (κ2) is 9.15. The largest absolute Gasteiger partial charge is 0.366 e. The number of anilines is 2. The van der Waals surface area contributed by atoms with E-state index >= 15 is 0 Å². The number of likely N-dealkylation sites (N-methyl/N-ethyl adjacent to an activating group) is 1. The summed E-state index contributed by atoms with van der Waals surface area (Å²) in [6.45, 7) is 6.32. The van der Waals surface area contributed by atoms with Gasteiger partial charge in [0, 0.05) is 26.2 Å². The molecule has 0 aliphatic carbocycles. The fourth-order valence-corrected chi connectivity index (χ4v) is 4.94. The Morgan fingerprint density at radius 2 is 1.87 bits per heavy atom. The minimum atomic E-state index is -0.194. The summed E-state index contributed by atoms with van der Waals surface area (Å²) >= 11 is 1.41. The van der Waals surface area contributed by atoms with Crippen LogP contribution in [0, 0.1) is 12.7 Å². The number of hydrogen-bond acceptors (Lipinski definition) is 6. The molecule has 3 aromatic rings. The van der Waals surface area contributed by atoms with Crippen LogP contribution in [-0.4, -0.2) is 69.2 Å². The van der Waals surface area contributed by atoms with E-state index in [1.807, 2.05) is 19.1 Å². The van der Waals surface area contributed by atoms with Gasteiger partial charge in [-0.05, 0) is 24.6 Å². The molecule has 0 atom stereocenters. The summed E-state index contributed by atoms with van der Waals surface area (Å²) in [7, 11) is 4.12. The van der Waals surface area contributed by atoms with Gasteiger partial charge in [0.15, 0.2) is 0 Å². The molecule has 164 valence electrons. The summed E-state index contributed by atoms with van der Waals surface area (Å²) in [4.78, 5) is 28.8. The van der Waals surface area contributed by atoms with Gasteiger partial charge >= 0.3 is 0 Å². The Labute approximate surface area is 185 Å². The predicted molar refractivity (Wildman–Crippen MR) is 123 cm³/mol. The number of rotatable bonds is 6. The molecule has 1 aliphatic heterocycles. The molecular weight excluding hydrogens is 415 g/mol. The van der Waals surface area contributed by atoms with Crippen LogP contribution in [0.5, 0.6) is 0 Å². The van der Waals surface area contributed by atoms with Crippen LogP contribution in [0.25, 0.3) is 10.2 Å². The van der Waals surface area contributed by atoms with E-state index in [0.717, 1.165) is 41.2 Å². The third-order valence-electron chi connectivity index (χ3n) is 5.60. The summed E-state index contributed by atoms with van der Waals surface area (Å²) in [5.74, 6) is 0.598. The lowest BCUT2D eigenvalue weighted by Crippen LogP contribution is -3.06. The number of para-hydroxylation sites is 1. The normalized spacial score (nSPS) is 14.5. The number of amides is 1. The number of thiophene rings is 1. The van der Waals surface area contributed by atoms with E-state index in [0.29, 0.717) is 30.2 Å². The Balaban J connectivity index is 1.53. The first-order valence-corrected chi connectivity index (χ1v) is 11.3. The molecule has 1 aromatic carbocycles. The van der Waals surface area contributed by atoms with E-state index in [9.17, 15) is 9.18 Å². The molecular formula is C22H28FN6OS+. The quantitative estimate of drug-likeness (QED) is 0.602. The van der Waals surface area contributed by atoms with E-state index in [1.165, 1.54) is 22.3 Å². The molecule has 3 heterocycles. The summed E-state index contributed by atoms with van der Waals surface area (Å²) in [6, 6.07) is 6.89. The number of aryl methyl sites for hydroxylation is 1. The molecule has 2 N–H and O–H groups in total. The maximum absolute atomic E-state index is 14.2. The second-order valence-corrected chi connectivity index (χ2v) is 9.07. The number of aromatic nitrogens is 2. The number of nitrogens with zero attached hydrogens (tertiary/aromatic N) is 4. The van der Waals surface area contributed by atoms with Crippen molar-refractivity contribution in [1.29, 1.82) is 0 Å². The highest BCUT2D eigenvalue weighted by Gasteiger charge is 2.25. The molecule has 4 rings (SSSR count). The predicted octanol–water partition coefficient (Wildman–Crippen LogP) is 1.34. The minimum Gasteiger partial charge on any atom is -0.366 e. The third kappa shape index (κ3) is 4.47. The summed E-state index contributed by atoms with van der Waals surface area (Å²) in [5, 5.41) is 3.95. The van der Waals surface area contributed by atoms with Gasteiger partial charge in [0.1, 0.15) is 22.8 Å². The number of hydrogen-bond donors (Lipinski definition) is 2. The van der Waals surface area contributed by atoms with Gasteiger partial charge < -0.3 is 20.0 Å². The van der Waals surface area contributed by atoms with Crippen molar-refractivity contribution in [3.8, 4) is 0 Å². The molecule has 0 bridgehead atoms. The summed E-state index contributed by atoms with van der Waals surface area (Å²) in [6.07, 6.45) is 1.56. The SMILES string of the molecule is Cc1c(C(=O)NCC[NH+](C)C)sc2ncnc(N3CCN(c4ccccc4F)CC3)c12. The molecule has 31 heavy (non-hydrogen) atoms. The smallest absolute Gasteiger partial charge is 0.261 e. The molecule has 7 nitrogen and oxygen atoms in total. The first kappa shape index (κ1) is 21.5. The number of benzene rings is 1. The first-order valence-electron chi connectivity index (χ1n) is 10.5. The van der Waals surface area contributed by atoms with Crippen LogP contribution in [0.3, 0.4) is 0 Å². The number of quaternary nitrogens is 1. The molecule has 1 aliphatic rings. The average Bonchev–Trinajstić information content (AvgIpc) is 3.11. The van der Waals surface area contributed by atoms with E-state index in [-0.39, 0.29) is 11.7 Å². The number of carbonyl (C=O) groups excluding carboxylic acids is 1. The lowest BCUT2D eigenvalue weighted by molar-refractivity contribution is -0.856. The fourth-order valence-electron chi connectivity index (χ4n) is 3.88. The van der Waals surface area contributed by atoms with Crippen molar-refractivity contribution in [1.82, 2.24) is 15.3 Å². The van der Waals surface area contributed by atoms with E-state index in [1.54, 1.807) is 12.4 Å². The number of fused-ring (bicyclic) bond motifs is 1. The monoisotopic (exact) mass is 443 g/mol.